The van der Waals surface area contributed by atoms with Gasteiger partial charge in [-0.3, -0.25) is 9.78 Å². The van der Waals surface area contributed by atoms with E-state index in [0.29, 0.717) is 30.4 Å². The molecule has 0 amide bonds. The van der Waals surface area contributed by atoms with Crippen molar-refractivity contribution in [1.82, 2.24) is 9.97 Å². The predicted octanol–water partition coefficient (Wildman–Crippen LogP) is 3.05. The van der Waals surface area contributed by atoms with E-state index in [1.54, 1.807) is 24.3 Å². The lowest BCUT2D eigenvalue weighted by molar-refractivity contribution is 0.0335. The lowest BCUT2D eigenvalue weighted by Gasteiger charge is -2.08. The summed E-state index contributed by atoms with van der Waals surface area (Å²) in [6.07, 6.45) is 2.79. The van der Waals surface area contributed by atoms with Gasteiger partial charge in [-0.1, -0.05) is 13.3 Å². The van der Waals surface area contributed by atoms with Crippen LogP contribution in [0.5, 0.6) is 0 Å². The molecular formula is C19H25N3O4. The third kappa shape index (κ3) is 6.33. The van der Waals surface area contributed by atoms with Gasteiger partial charge in [-0.15, -0.1) is 0 Å². The van der Waals surface area contributed by atoms with Crippen LogP contribution in [0.25, 0.3) is 0 Å². The summed E-state index contributed by atoms with van der Waals surface area (Å²) in [4.78, 5) is 30.7. The summed E-state index contributed by atoms with van der Waals surface area (Å²) in [5, 5.41) is 3.05. The summed E-state index contributed by atoms with van der Waals surface area (Å²) in [6, 6.07) is 8.30. The fourth-order valence-corrected chi connectivity index (χ4v) is 2.30. The second-order valence-electron chi connectivity index (χ2n) is 5.72. The number of aromatic amines is 1. The zero-order chi connectivity index (χ0) is 18.8. The number of nitrogens with zero attached hydrogens (tertiary/aromatic N) is 1. The molecule has 26 heavy (non-hydrogen) atoms. The predicted molar refractivity (Wildman–Crippen MR) is 100.0 cm³/mol. The number of nitrogens with one attached hydrogen (secondary N) is 2. The SMILES string of the molecule is CCCCc1cc(=O)[nH]c(Nc2ccc(C(=O)OCCOCC)cc2)n1. The van der Waals surface area contributed by atoms with Crippen molar-refractivity contribution in [1.29, 1.82) is 0 Å². The molecule has 1 aromatic carbocycles. The highest BCUT2D eigenvalue weighted by Gasteiger charge is 2.07. The first-order chi connectivity index (χ1) is 12.6. The number of esters is 1. The fraction of sp³-hybridized carbons (Fsp3) is 0.421. The molecule has 0 saturated heterocycles. The molecule has 7 heteroatoms. The maximum absolute atomic E-state index is 11.9. The zero-order valence-electron chi connectivity index (χ0n) is 15.2. The Morgan fingerprint density at radius 1 is 1.19 bits per heavy atom. The number of rotatable bonds is 10. The maximum Gasteiger partial charge on any atom is 0.338 e. The number of benzene rings is 1. The highest BCUT2D eigenvalue weighted by atomic mass is 16.6. The normalized spacial score (nSPS) is 10.5. The van der Waals surface area contributed by atoms with E-state index in [9.17, 15) is 9.59 Å². The van der Waals surface area contributed by atoms with Gasteiger partial charge >= 0.3 is 5.97 Å². The Morgan fingerprint density at radius 3 is 2.65 bits per heavy atom. The number of hydrogen-bond donors (Lipinski definition) is 2. The van der Waals surface area contributed by atoms with Crippen LogP contribution in [0.4, 0.5) is 11.6 Å². The summed E-state index contributed by atoms with van der Waals surface area (Å²) < 4.78 is 10.2. The molecule has 140 valence electrons. The molecule has 0 radical (unpaired) electrons. The van der Waals surface area contributed by atoms with E-state index in [0.717, 1.165) is 25.0 Å². The van der Waals surface area contributed by atoms with Crippen molar-refractivity contribution in [3.05, 3.63) is 51.9 Å². The smallest absolute Gasteiger partial charge is 0.338 e. The second kappa shape index (κ2) is 10.4. The van der Waals surface area contributed by atoms with Crippen molar-refractivity contribution in [2.45, 2.75) is 33.1 Å². The molecule has 1 aromatic heterocycles. The number of hydrogen-bond acceptors (Lipinski definition) is 6. The first-order valence-electron chi connectivity index (χ1n) is 8.84. The van der Waals surface area contributed by atoms with E-state index >= 15 is 0 Å². The average Bonchev–Trinajstić information content (AvgIpc) is 2.63. The first-order valence-corrected chi connectivity index (χ1v) is 8.84. The van der Waals surface area contributed by atoms with Crippen LogP contribution in [0, 0.1) is 0 Å². The van der Waals surface area contributed by atoms with Gasteiger partial charge in [0.05, 0.1) is 12.2 Å². The molecule has 0 atom stereocenters. The van der Waals surface area contributed by atoms with Crippen LogP contribution in [-0.4, -0.2) is 35.8 Å². The summed E-state index contributed by atoms with van der Waals surface area (Å²) in [5.74, 6) is -0.0139. The van der Waals surface area contributed by atoms with Crippen LogP contribution in [-0.2, 0) is 15.9 Å². The zero-order valence-corrected chi connectivity index (χ0v) is 15.2. The molecule has 0 aliphatic rings. The molecule has 0 aliphatic carbocycles. The molecule has 0 aliphatic heterocycles. The topological polar surface area (TPSA) is 93.3 Å². The number of aromatic nitrogens is 2. The van der Waals surface area contributed by atoms with Gasteiger partial charge in [-0.05, 0) is 44.0 Å². The second-order valence-corrected chi connectivity index (χ2v) is 5.72. The van der Waals surface area contributed by atoms with Gasteiger partial charge in [0.1, 0.15) is 6.61 Å². The number of carbonyl (C=O) groups is 1. The Balaban J connectivity index is 1.97. The van der Waals surface area contributed by atoms with E-state index in [1.165, 1.54) is 6.07 Å². The number of H-pyrrole nitrogens is 1. The Labute approximate surface area is 152 Å². The molecule has 0 fully saturated rings. The summed E-state index contributed by atoms with van der Waals surface area (Å²) in [7, 11) is 0. The molecule has 0 saturated carbocycles. The molecule has 2 N–H and O–H groups in total. The number of carbonyl (C=O) groups excluding carboxylic acids is 1. The maximum atomic E-state index is 11.9. The molecule has 0 unspecified atom stereocenters. The molecule has 2 aromatic rings. The van der Waals surface area contributed by atoms with Crippen molar-refractivity contribution >= 4 is 17.6 Å². The van der Waals surface area contributed by atoms with Gasteiger partial charge < -0.3 is 14.8 Å². The van der Waals surface area contributed by atoms with E-state index < -0.39 is 5.97 Å². The average molecular weight is 359 g/mol. The first kappa shape index (κ1) is 19.7. The van der Waals surface area contributed by atoms with E-state index in [4.69, 9.17) is 9.47 Å². The van der Waals surface area contributed by atoms with Gasteiger partial charge in [0.15, 0.2) is 0 Å². The lowest BCUT2D eigenvalue weighted by atomic mass is 10.2. The largest absolute Gasteiger partial charge is 0.460 e. The molecule has 1 heterocycles. The lowest BCUT2D eigenvalue weighted by Crippen LogP contribution is -2.12. The molecule has 0 bridgehead atoms. The summed E-state index contributed by atoms with van der Waals surface area (Å²) in [6.45, 7) is 5.18. The van der Waals surface area contributed by atoms with Crippen LogP contribution >= 0.6 is 0 Å². The highest BCUT2D eigenvalue weighted by Crippen LogP contribution is 2.14. The van der Waals surface area contributed by atoms with Crippen LogP contribution in [0.3, 0.4) is 0 Å². The monoisotopic (exact) mass is 359 g/mol. The van der Waals surface area contributed by atoms with Crippen LogP contribution in [0.15, 0.2) is 35.1 Å². The van der Waals surface area contributed by atoms with E-state index in [2.05, 4.69) is 22.2 Å². The summed E-state index contributed by atoms with van der Waals surface area (Å²) in [5.41, 5.74) is 1.73. The fourth-order valence-electron chi connectivity index (χ4n) is 2.30. The molecular weight excluding hydrogens is 334 g/mol. The van der Waals surface area contributed by atoms with Crippen LogP contribution in [0.1, 0.15) is 42.7 Å². The molecule has 7 nitrogen and oxygen atoms in total. The minimum absolute atomic E-state index is 0.192. The van der Waals surface area contributed by atoms with Gasteiger partial charge in [-0.25, -0.2) is 9.78 Å². The highest BCUT2D eigenvalue weighted by molar-refractivity contribution is 5.89. The third-order valence-corrected chi connectivity index (χ3v) is 3.63. The number of unbranched alkanes of at least 4 members (excludes halogenated alkanes) is 1. The van der Waals surface area contributed by atoms with Gasteiger partial charge in [-0.2, -0.15) is 0 Å². The molecule has 0 spiro atoms. The van der Waals surface area contributed by atoms with Gasteiger partial charge in [0.2, 0.25) is 5.95 Å². The van der Waals surface area contributed by atoms with Gasteiger partial charge in [0, 0.05) is 24.1 Å². The number of aryl methyl sites for hydroxylation is 1. The Bertz CT molecular complexity index is 756. The minimum Gasteiger partial charge on any atom is -0.460 e. The van der Waals surface area contributed by atoms with E-state index in [-0.39, 0.29) is 12.2 Å². The number of anilines is 2. The minimum atomic E-state index is -0.399. The third-order valence-electron chi connectivity index (χ3n) is 3.63. The van der Waals surface area contributed by atoms with Crippen LogP contribution < -0.4 is 10.9 Å². The quantitative estimate of drug-likeness (QED) is 0.500. The van der Waals surface area contributed by atoms with Crippen molar-refractivity contribution in [2.75, 3.05) is 25.1 Å². The Kier molecular flexibility index (Phi) is 7.82. The van der Waals surface area contributed by atoms with Crippen molar-refractivity contribution in [3.8, 4) is 0 Å². The van der Waals surface area contributed by atoms with E-state index in [1.807, 2.05) is 6.92 Å². The van der Waals surface area contributed by atoms with Crippen molar-refractivity contribution < 1.29 is 14.3 Å². The molecule has 2 rings (SSSR count). The summed E-state index contributed by atoms with van der Waals surface area (Å²) >= 11 is 0. The Hall–Kier alpha value is -2.67. The number of ether oxygens (including phenoxy) is 2. The Morgan fingerprint density at radius 2 is 1.96 bits per heavy atom. The van der Waals surface area contributed by atoms with Crippen LogP contribution in [0.2, 0.25) is 0 Å². The standard InChI is InChI=1S/C19H25N3O4/c1-3-5-6-16-13-17(23)22-19(21-16)20-15-9-7-14(8-10-15)18(24)26-12-11-25-4-2/h7-10,13H,3-6,11-12H2,1-2H3,(H2,20,21,22,23). The van der Waals surface area contributed by atoms with Gasteiger partial charge in [0.25, 0.3) is 5.56 Å². The van der Waals surface area contributed by atoms with Crippen molar-refractivity contribution in [2.24, 2.45) is 0 Å². The van der Waals surface area contributed by atoms with Crippen molar-refractivity contribution in [3.63, 3.8) is 0 Å².